The zero-order valence-electron chi connectivity index (χ0n) is 11.4. The minimum atomic E-state index is 0.562. The molecule has 0 aliphatic carbocycles. The lowest BCUT2D eigenvalue weighted by atomic mass is 10.0. The van der Waals surface area contributed by atoms with Crippen LogP contribution in [0.25, 0.3) is 10.8 Å². The van der Waals surface area contributed by atoms with Crippen LogP contribution in [0.2, 0.25) is 5.02 Å². The van der Waals surface area contributed by atoms with Gasteiger partial charge in [-0.1, -0.05) is 41.9 Å². The van der Waals surface area contributed by atoms with E-state index in [4.69, 9.17) is 16.3 Å². The van der Waals surface area contributed by atoms with E-state index in [1.165, 1.54) is 16.3 Å². The molecule has 104 valence electrons. The van der Waals surface area contributed by atoms with Crippen molar-refractivity contribution in [2.45, 2.75) is 6.54 Å². The molecule has 3 heteroatoms. The van der Waals surface area contributed by atoms with Crippen molar-refractivity contribution in [1.82, 2.24) is 0 Å². The second kappa shape index (κ2) is 4.97. The van der Waals surface area contributed by atoms with Crippen LogP contribution in [-0.2, 0) is 6.54 Å². The van der Waals surface area contributed by atoms with Crippen LogP contribution >= 0.6 is 11.6 Å². The number of hydrogen-bond acceptors (Lipinski definition) is 2. The van der Waals surface area contributed by atoms with Crippen molar-refractivity contribution in [2.24, 2.45) is 0 Å². The average molecular weight is 296 g/mol. The molecule has 0 amide bonds. The second-order valence-electron chi connectivity index (χ2n) is 5.21. The molecule has 0 atom stereocenters. The van der Waals surface area contributed by atoms with E-state index < -0.39 is 0 Å². The Bertz CT molecular complexity index is 798. The van der Waals surface area contributed by atoms with Gasteiger partial charge in [-0.15, -0.1) is 0 Å². The summed E-state index contributed by atoms with van der Waals surface area (Å²) in [6, 6.07) is 20.5. The van der Waals surface area contributed by atoms with Crippen molar-refractivity contribution in [1.29, 1.82) is 0 Å². The SMILES string of the molecule is Clc1ccc(N2COc3ccc4ccccc4c3C2)cc1. The molecule has 1 aliphatic rings. The highest BCUT2D eigenvalue weighted by atomic mass is 35.5. The van der Waals surface area contributed by atoms with Crippen molar-refractivity contribution >= 4 is 28.1 Å². The lowest BCUT2D eigenvalue weighted by Gasteiger charge is -2.31. The molecule has 0 aromatic heterocycles. The van der Waals surface area contributed by atoms with E-state index >= 15 is 0 Å². The van der Waals surface area contributed by atoms with Crippen LogP contribution in [0.4, 0.5) is 5.69 Å². The second-order valence-corrected chi connectivity index (χ2v) is 5.65. The third-order valence-electron chi connectivity index (χ3n) is 3.91. The van der Waals surface area contributed by atoms with E-state index in [9.17, 15) is 0 Å². The number of hydrogen-bond donors (Lipinski definition) is 0. The molecule has 1 heterocycles. The third-order valence-corrected chi connectivity index (χ3v) is 4.17. The predicted molar refractivity (Wildman–Crippen MR) is 87.1 cm³/mol. The van der Waals surface area contributed by atoms with Crippen LogP contribution < -0.4 is 9.64 Å². The Hall–Kier alpha value is -2.19. The van der Waals surface area contributed by atoms with Crippen molar-refractivity contribution in [3.05, 3.63) is 71.2 Å². The molecule has 3 aromatic carbocycles. The number of halogens is 1. The summed E-state index contributed by atoms with van der Waals surface area (Å²) >= 11 is 5.96. The molecule has 4 rings (SSSR count). The molecule has 0 bridgehead atoms. The first-order valence-corrected chi connectivity index (χ1v) is 7.33. The van der Waals surface area contributed by atoms with Crippen molar-refractivity contribution in [3.63, 3.8) is 0 Å². The molecule has 3 aromatic rings. The summed E-state index contributed by atoms with van der Waals surface area (Å²) in [6.45, 7) is 1.41. The molecule has 21 heavy (non-hydrogen) atoms. The maximum absolute atomic E-state index is 5.96. The lowest BCUT2D eigenvalue weighted by Crippen LogP contribution is -2.31. The van der Waals surface area contributed by atoms with Crippen LogP contribution in [0, 0.1) is 0 Å². The van der Waals surface area contributed by atoms with Gasteiger partial charge >= 0.3 is 0 Å². The molecule has 2 nitrogen and oxygen atoms in total. The van der Waals surface area contributed by atoms with Crippen LogP contribution in [0.3, 0.4) is 0 Å². The van der Waals surface area contributed by atoms with Gasteiger partial charge < -0.3 is 9.64 Å². The van der Waals surface area contributed by atoms with E-state index in [1.807, 2.05) is 24.3 Å². The van der Waals surface area contributed by atoms with Gasteiger partial charge in [0.05, 0.1) is 6.54 Å². The van der Waals surface area contributed by atoms with Crippen LogP contribution in [-0.4, -0.2) is 6.73 Å². The zero-order chi connectivity index (χ0) is 14.2. The quantitative estimate of drug-likeness (QED) is 0.636. The summed E-state index contributed by atoms with van der Waals surface area (Å²) in [5.41, 5.74) is 2.37. The molecule has 1 aliphatic heterocycles. The van der Waals surface area contributed by atoms with E-state index in [1.54, 1.807) is 0 Å². The van der Waals surface area contributed by atoms with Gasteiger partial charge in [-0.25, -0.2) is 0 Å². The number of fused-ring (bicyclic) bond motifs is 3. The summed E-state index contributed by atoms with van der Waals surface area (Å²) in [7, 11) is 0. The summed E-state index contributed by atoms with van der Waals surface area (Å²) in [4.78, 5) is 2.21. The fourth-order valence-electron chi connectivity index (χ4n) is 2.82. The largest absolute Gasteiger partial charge is 0.473 e. The van der Waals surface area contributed by atoms with E-state index in [-0.39, 0.29) is 0 Å². The average Bonchev–Trinajstić information content (AvgIpc) is 2.55. The van der Waals surface area contributed by atoms with Gasteiger partial charge in [0.2, 0.25) is 0 Å². The Morgan fingerprint density at radius 2 is 1.71 bits per heavy atom. The highest BCUT2D eigenvalue weighted by molar-refractivity contribution is 6.30. The minimum absolute atomic E-state index is 0.562. The molecule has 0 radical (unpaired) electrons. The molecule has 0 N–H and O–H groups in total. The predicted octanol–water partition coefficient (Wildman–Crippen LogP) is 4.85. The number of anilines is 1. The van der Waals surface area contributed by atoms with Crippen LogP contribution in [0.1, 0.15) is 5.56 Å². The molecular formula is C18H14ClNO. The third kappa shape index (κ3) is 2.22. The van der Waals surface area contributed by atoms with Gasteiger partial charge in [-0.3, -0.25) is 0 Å². The monoisotopic (exact) mass is 295 g/mol. The van der Waals surface area contributed by atoms with Gasteiger partial charge in [0.15, 0.2) is 6.73 Å². The van der Waals surface area contributed by atoms with E-state index in [0.29, 0.717) is 6.73 Å². The summed E-state index contributed by atoms with van der Waals surface area (Å²) in [5, 5.41) is 3.26. The van der Waals surface area contributed by atoms with E-state index in [0.717, 1.165) is 23.0 Å². The normalized spacial score (nSPS) is 13.9. The number of rotatable bonds is 1. The fraction of sp³-hybridized carbons (Fsp3) is 0.111. The summed E-state index contributed by atoms with van der Waals surface area (Å²) in [6.07, 6.45) is 0. The highest BCUT2D eigenvalue weighted by Crippen LogP contribution is 2.34. The van der Waals surface area contributed by atoms with Crippen molar-refractivity contribution in [3.8, 4) is 5.75 Å². The standard InChI is InChI=1S/C18H14ClNO/c19-14-6-8-15(9-7-14)20-11-17-16-4-2-1-3-13(16)5-10-18(17)21-12-20/h1-10H,11-12H2. The maximum Gasteiger partial charge on any atom is 0.161 e. The van der Waals surface area contributed by atoms with E-state index in [2.05, 4.69) is 41.3 Å². The first kappa shape index (κ1) is 12.5. The van der Waals surface area contributed by atoms with Gasteiger partial charge in [0.25, 0.3) is 0 Å². The van der Waals surface area contributed by atoms with Crippen molar-refractivity contribution in [2.75, 3.05) is 11.6 Å². The minimum Gasteiger partial charge on any atom is -0.473 e. The van der Waals surface area contributed by atoms with Gasteiger partial charge in [0.1, 0.15) is 5.75 Å². The van der Waals surface area contributed by atoms with Gasteiger partial charge in [-0.2, -0.15) is 0 Å². The molecule has 0 saturated carbocycles. The van der Waals surface area contributed by atoms with Gasteiger partial charge in [-0.05, 0) is 41.1 Å². The molecular weight excluding hydrogens is 282 g/mol. The Balaban J connectivity index is 1.76. The molecule has 0 unspecified atom stereocenters. The van der Waals surface area contributed by atoms with Gasteiger partial charge in [0, 0.05) is 16.3 Å². The molecule has 0 spiro atoms. The molecule has 0 fully saturated rings. The summed E-state index contributed by atoms with van der Waals surface area (Å²) < 4.78 is 5.92. The lowest BCUT2D eigenvalue weighted by molar-refractivity contribution is 0.290. The first-order valence-electron chi connectivity index (χ1n) is 6.95. The number of nitrogens with zero attached hydrogens (tertiary/aromatic N) is 1. The maximum atomic E-state index is 5.96. The Kier molecular flexibility index (Phi) is 2.97. The number of ether oxygens (including phenoxy) is 1. The Morgan fingerprint density at radius 3 is 2.57 bits per heavy atom. The fourth-order valence-corrected chi connectivity index (χ4v) is 2.94. The topological polar surface area (TPSA) is 12.5 Å². The van der Waals surface area contributed by atoms with Crippen LogP contribution in [0.5, 0.6) is 5.75 Å². The first-order chi connectivity index (χ1) is 10.3. The smallest absolute Gasteiger partial charge is 0.161 e. The zero-order valence-corrected chi connectivity index (χ0v) is 12.2. The summed E-state index contributed by atoms with van der Waals surface area (Å²) in [5.74, 6) is 0.985. The Morgan fingerprint density at radius 1 is 0.905 bits per heavy atom. The Labute approximate surface area is 128 Å². The highest BCUT2D eigenvalue weighted by Gasteiger charge is 2.19. The number of benzene rings is 3. The van der Waals surface area contributed by atoms with Crippen LogP contribution in [0.15, 0.2) is 60.7 Å². The van der Waals surface area contributed by atoms with Crippen molar-refractivity contribution < 1.29 is 4.74 Å². The molecule has 0 saturated heterocycles.